The molecular weight excluding hydrogens is 281 g/mol. The topological polar surface area (TPSA) is 9.72 Å². The van der Waals surface area contributed by atoms with Crippen molar-refractivity contribution in [1.29, 1.82) is 0 Å². The van der Waals surface area contributed by atoms with Crippen molar-refractivity contribution >= 4 is 23.2 Å². The summed E-state index contributed by atoms with van der Waals surface area (Å²) in [4.78, 5) is 7.27. The first-order chi connectivity index (χ1) is 9.26. The minimum Gasteiger partial charge on any atom is -0.304 e. The molecule has 0 atom stereocenters. The number of hydrogen-bond donors (Lipinski definition) is 0. The average molecular weight is 310 g/mol. The van der Waals surface area contributed by atoms with Crippen LogP contribution >= 0.6 is 23.2 Å². The summed E-state index contributed by atoms with van der Waals surface area (Å²) in [5.41, 5.74) is 0. The molecule has 2 saturated heterocycles. The highest BCUT2D eigenvalue weighted by Gasteiger charge is 2.12. The second kappa shape index (κ2) is 11.2. The predicted octanol–water partition coefficient (Wildman–Crippen LogP) is 2.18. The maximum atomic E-state index is 5.61. The van der Waals surface area contributed by atoms with E-state index in [1.54, 1.807) is 0 Å². The van der Waals surface area contributed by atoms with Gasteiger partial charge in [0.1, 0.15) is 0 Å². The predicted molar refractivity (Wildman–Crippen MR) is 85.7 cm³/mol. The van der Waals surface area contributed by atoms with E-state index in [1.165, 1.54) is 58.7 Å². The van der Waals surface area contributed by atoms with Crippen LogP contribution < -0.4 is 0 Å². The number of halogens is 2. The molecule has 3 nitrogen and oxygen atoms in total. The summed E-state index contributed by atoms with van der Waals surface area (Å²) in [5.74, 6) is 1.59. The van der Waals surface area contributed by atoms with Crippen molar-refractivity contribution in [3.63, 3.8) is 0 Å². The van der Waals surface area contributed by atoms with Gasteiger partial charge in [-0.05, 0) is 45.9 Å². The minimum atomic E-state index is 0.792. The number of likely N-dealkylation sites (tertiary alicyclic amines) is 1. The standard InChI is InChI=1S/C8H17ClN2.C6H12ClN/c1-10-5-7-11(8-6-10)4-2-3-9;7-3-6-8-4-1-2-5-8/h2-8H2,1H3;1-6H2. The van der Waals surface area contributed by atoms with Gasteiger partial charge in [-0.1, -0.05) is 0 Å². The zero-order chi connectivity index (χ0) is 13.9. The van der Waals surface area contributed by atoms with E-state index in [-0.39, 0.29) is 0 Å². The van der Waals surface area contributed by atoms with Crippen LogP contribution in [-0.4, -0.2) is 85.9 Å². The summed E-state index contributed by atoms with van der Waals surface area (Å²) in [7, 11) is 2.18. The molecule has 0 aromatic carbocycles. The third kappa shape index (κ3) is 8.36. The van der Waals surface area contributed by atoms with Crippen LogP contribution in [0.5, 0.6) is 0 Å². The van der Waals surface area contributed by atoms with Gasteiger partial charge in [-0.2, -0.15) is 0 Å². The summed E-state index contributed by atoms with van der Waals surface area (Å²) in [5, 5.41) is 0. The van der Waals surface area contributed by atoms with Crippen LogP contribution in [0.25, 0.3) is 0 Å². The quantitative estimate of drug-likeness (QED) is 0.721. The first-order valence-electron chi connectivity index (χ1n) is 7.51. The van der Waals surface area contributed by atoms with E-state index >= 15 is 0 Å². The summed E-state index contributed by atoms with van der Waals surface area (Å²) >= 11 is 11.2. The fourth-order valence-corrected chi connectivity index (χ4v) is 2.84. The lowest BCUT2D eigenvalue weighted by atomic mass is 10.3. The summed E-state index contributed by atoms with van der Waals surface area (Å²) in [6.07, 6.45) is 3.87. The Bertz CT molecular complexity index is 200. The Morgan fingerprint density at radius 1 is 0.737 bits per heavy atom. The molecule has 19 heavy (non-hydrogen) atoms. The highest BCUT2D eigenvalue weighted by molar-refractivity contribution is 6.18. The van der Waals surface area contributed by atoms with Crippen molar-refractivity contribution in [2.45, 2.75) is 19.3 Å². The van der Waals surface area contributed by atoms with Crippen LogP contribution in [0, 0.1) is 0 Å². The van der Waals surface area contributed by atoms with Crippen LogP contribution in [0.2, 0.25) is 0 Å². The van der Waals surface area contributed by atoms with E-state index in [9.17, 15) is 0 Å². The Kier molecular flexibility index (Phi) is 10.3. The maximum Gasteiger partial charge on any atom is 0.0351 e. The lowest BCUT2D eigenvalue weighted by molar-refractivity contribution is 0.154. The van der Waals surface area contributed by atoms with Crippen molar-refractivity contribution in [2.24, 2.45) is 0 Å². The number of nitrogens with zero attached hydrogens (tertiary/aromatic N) is 3. The largest absolute Gasteiger partial charge is 0.304 e. The van der Waals surface area contributed by atoms with E-state index in [4.69, 9.17) is 23.2 Å². The Hall–Kier alpha value is 0.460. The van der Waals surface area contributed by atoms with Gasteiger partial charge in [0.05, 0.1) is 0 Å². The van der Waals surface area contributed by atoms with E-state index in [2.05, 4.69) is 21.7 Å². The Morgan fingerprint density at radius 2 is 1.32 bits per heavy atom. The van der Waals surface area contributed by atoms with Crippen molar-refractivity contribution < 1.29 is 0 Å². The fraction of sp³-hybridized carbons (Fsp3) is 1.00. The molecule has 0 saturated carbocycles. The molecule has 0 radical (unpaired) electrons. The number of likely N-dealkylation sites (N-methyl/N-ethyl adjacent to an activating group) is 1. The molecule has 0 aromatic heterocycles. The molecule has 114 valence electrons. The minimum absolute atomic E-state index is 0.792. The second-order valence-corrected chi connectivity index (χ2v) is 6.18. The van der Waals surface area contributed by atoms with Crippen molar-refractivity contribution in [1.82, 2.24) is 14.7 Å². The normalized spacial score (nSPS) is 22.3. The molecule has 0 spiro atoms. The van der Waals surface area contributed by atoms with Crippen LogP contribution in [0.1, 0.15) is 19.3 Å². The Labute approximate surface area is 128 Å². The maximum absolute atomic E-state index is 5.61. The summed E-state index contributed by atoms with van der Waals surface area (Å²) in [6.45, 7) is 9.66. The van der Waals surface area contributed by atoms with E-state index in [1.807, 2.05) is 0 Å². The summed E-state index contributed by atoms with van der Waals surface area (Å²) in [6, 6.07) is 0. The first kappa shape index (κ1) is 17.5. The van der Waals surface area contributed by atoms with Crippen LogP contribution in [0.4, 0.5) is 0 Å². The van der Waals surface area contributed by atoms with Gasteiger partial charge in [0.25, 0.3) is 0 Å². The van der Waals surface area contributed by atoms with Crippen LogP contribution in [0.3, 0.4) is 0 Å². The summed E-state index contributed by atoms with van der Waals surface area (Å²) < 4.78 is 0. The monoisotopic (exact) mass is 309 g/mol. The molecule has 0 bridgehead atoms. The molecule has 2 aliphatic heterocycles. The van der Waals surface area contributed by atoms with Gasteiger partial charge < -0.3 is 14.7 Å². The molecule has 0 unspecified atom stereocenters. The highest BCUT2D eigenvalue weighted by atomic mass is 35.5. The van der Waals surface area contributed by atoms with E-state index in [0.29, 0.717) is 0 Å². The molecule has 0 aromatic rings. The number of alkyl halides is 2. The van der Waals surface area contributed by atoms with Gasteiger partial charge in [0, 0.05) is 44.5 Å². The molecule has 5 heteroatoms. The van der Waals surface area contributed by atoms with Crippen molar-refractivity contribution in [2.75, 3.05) is 71.2 Å². The molecule has 0 N–H and O–H groups in total. The van der Waals surface area contributed by atoms with Gasteiger partial charge in [0.15, 0.2) is 0 Å². The van der Waals surface area contributed by atoms with Gasteiger partial charge in [-0.25, -0.2) is 0 Å². The van der Waals surface area contributed by atoms with E-state index in [0.717, 1.165) is 24.7 Å². The van der Waals surface area contributed by atoms with Crippen molar-refractivity contribution in [3.8, 4) is 0 Å². The SMILES string of the molecule is CN1CCN(CCCCl)CC1.ClCCN1CCCC1. The van der Waals surface area contributed by atoms with E-state index < -0.39 is 0 Å². The fourth-order valence-electron chi connectivity index (χ4n) is 2.48. The highest BCUT2D eigenvalue weighted by Crippen LogP contribution is 2.05. The number of piperazine rings is 1. The zero-order valence-corrected chi connectivity index (χ0v) is 13.8. The third-order valence-corrected chi connectivity index (χ3v) is 4.24. The zero-order valence-electron chi connectivity index (χ0n) is 12.3. The first-order valence-corrected chi connectivity index (χ1v) is 8.58. The van der Waals surface area contributed by atoms with Gasteiger partial charge in [-0.3, -0.25) is 0 Å². The third-order valence-electron chi connectivity index (χ3n) is 3.80. The Balaban J connectivity index is 0.000000200. The van der Waals surface area contributed by atoms with Gasteiger partial charge in [-0.15, -0.1) is 23.2 Å². The lowest BCUT2D eigenvalue weighted by Crippen LogP contribution is -2.44. The molecule has 0 amide bonds. The Morgan fingerprint density at radius 3 is 1.84 bits per heavy atom. The van der Waals surface area contributed by atoms with Gasteiger partial charge in [0.2, 0.25) is 0 Å². The molecule has 2 rings (SSSR count). The number of hydrogen-bond acceptors (Lipinski definition) is 3. The molecular formula is C14H29Cl2N3. The van der Waals surface area contributed by atoms with Crippen LogP contribution in [-0.2, 0) is 0 Å². The molecule has 2 aliphatic rings. The second-order valence-electron chi connectivity index (χ2n) is 5.43. The van der Waals surface area contributed by atoms with Gasteiger partial charge >= 0.3 is 0 Å². The van der Waals surface area contributed by atoms with Crippen molar-refractivity contribution in [3.05, 3.63) is 0 Å². The van der Waals surface area contributed by atoms with Crippen LogP contribution in [0.15, 0.2) is 0 Å². The lowest BCUT2D eigenvalue weighted by Gasteiger charge is -2.32. The number of rotatable bonds is 5. The smallest absolute Gasteiger partial charge is 0.0351 e. The average Bonchev–Trinajstić information content (AvgIpc) is 2.92. The molecule has 0 aliphatic carbocycles. The molecule has 2 heterocycles. The molecule has 2 fully saturated rings.